The number of hydrogen-bond donors (Lipinski definition) is 1. The molecule has 1 N–H and O–H groups in total. The fourth-order valence-electron chi connectivity index (χ4n) is 0.557. The molecular formula is C6H6N2NaO2. The molecule has 53 valence electrons. The van der Waals surface area contributed by atoms with Gasteiger partial charge in [0.2, 0.25) is 0 Å². The van der Waals surface area contributed by atoms with Crippen molar-refractivity contribution in [3.8, 4) is 0 Å². The Kier molecular flexibility index (Phi) is 5.02. The summed E-state index contributed by atoms with van der Waals surface area (Å²) in [5.74, 6) is -0.568. The zero-order valence-corrected chi connectivity index (χ0v) is 8.19. The maximum Gasteiger partial charge on any atom is 0.311 e. The third-order valence-electron chi connectivity index (χ3n) is 0.929. The molecule has 0 aliphatic heterocycles. The number of aliphatic carboxylic acids is 1. The van der Waals surface area contributed by atoms with Crippen LogP contribution in [0.1, 0.15) is 5.82 Å². The molecule has 0 saturated carbocycles. The first kappa shape index (κ1) is 10.6. The van der Waals surface area contributed by atoms with E-state index in [1.165, 1.54) is 12.4 Å². The van der Waals surface area contributed by atoms with Crippen LogP contribution in [-0.2, 0) is 11.2 Å². The quantitative estimate of drug-likeness (QED) is 0.606. The molecule has 0 fully saturated rings. The van der Waals surface area contributed by atoms with Gasteiger partial charge in [0.25, 0.3) is 0 Å². The standard InChI is InChI=1S/C6H6N2O2.Na/c9-6(10)4-5-7-2-1-3-8-5;/h1-3H,4H2,(H,9,10);. The van der Waals surface area contributed by atoms with E-state index < -0.39 is 5.97 Å². The van der Waals surface area contributed by atoms with E-state index in [1.54, 1.807) is 6.07 Å². The molecule has 0 aromatic carbocycles. The minimum absolute atomic E-state index is 0. The Bertz CT molecular complexity index is 227. The smallest absolute Gasteiger partial charge is 0.311 e. The van der Waals surface area contributed by atoms with Gasteiger partial charge in [0.05, 0.1) is 0 Å². The number of carboxylic acid groups (broad SMARTS) is 1. The summed E-state index contributed by atoms with van der Waals surface area (Å²) in [6.07, 6.45) is 2.93. The molecule has 0 aliphatic rings. The SMILES string of the molecule is O=C(O)Cc1ncccn1.[Na]. The monoisotopic (exact) mass is 161 g/mol. The van der Waals surface area contributed by atoms with Gasteiger partial charge >= 0.3 is 5.97 Å². The molecule has 5 heteroatoms. The van der Waals surface area contributed by atoms with Crippen molar-refractivity contribution < 1.29 is 9.90 Å². The van der Waals surface area contributed by atoms with E-state index in [0.29, 0.717) is 5.82 Å². The first-order valence-electron chi connectivity index (χ1n) is 2.77. The molecule has 0 bridgehead atoms. The van der Waals surface area contributed by atoms with Crippen LogP contribution in [0.5, 0.6) is 0 Å². The van der Waals surface area contributed by atoms with Gasteiger partial charge in [-0.25, -0.2) is 9.97 Å². The summed E-state index contributed by atoms with van der Waals surface area (Å²) in [6.45, 7) is 0. The topological polar surface area (TPSA) is 63.1 Å². The van der Waals surface area contributed by atoms with E-state index in [0.717, 1.165) is 0 Å². The van der Waals surface area contributed by atoms with Gasteiger partial charge in [0.1, 0.15) is 12.2 Å². The van der Waals surface area contributed by atoms with Crippen LogP contribution in [-0.4, -0.2) is 50.6 Å². The number of hydrogen-bond acceptors (Lipinski definition) is 3. The number of carboxylic acids is 1. The molecule has 1 heterocycles. The molecule has 1 aromatic heterocycles. The summed E-state index contributed by atoms with van der Waals surface area (Å²) in [4.78, 5) is 17.5. The Morgan fingerprint density at radius 1 is 1.45 bits per heavy atom. The fraction of sp³-hybridized carbons (Fsp3) is 0.167. The van der Waals surface area contributed by atoms with E-state index in [2.05, 4.69) is 9.97 Å². The van der Waals surface area contributed by atoms with Crippen LogP contribution in [0.25, 0.3) is 0 Å². The van der Waals surface area contributed by atoms with Crippen LogP contribution in [0, 0.1) is 0 Å². The Balaban J connectivity index is 0.000001000. The second kappa shape index (κ2) is 5.23. The molecule has 4 nitrogen and oxygen atoms in total. The van der Waals surface area contributed by atoms with Gasteiger partial charge in [-0.2, -0.15) is 0 Å². The number of carbonyl (C=O) groups is 1. The molecule has 1 aromatic rings. The largest absolute Gasteiger partial charge is 0.481 e. The summed E-state index contributed by atoms with van der Waals surface area (Å²) < 4.78 is 0. The fourth-order valence-corrected chi connectivity index (χ4v) is 0.557. The van der Waals surface area contributed by atoms with Crippen molar-refractivity contribution in [2.24, 2.45) is 0 Å². The Labute approximate surface area is 86.0 Å². The van der Waals surface area contributed by atoms with Gasteiger partial charge in [-0.05, 0) is 6.07 Å². The van der Waals surface area contributed by atoms with Crippen LogP contribution in [0.4, 0.5) is 0 Å². The summed E-state index contributed by atoms with van der Waals surface area (Å²) >= 11 is 0. The van der Waals surface area contributed by atoms with Crippen molar-refractivity contribution in [2.75, 3.05) is 0 Å². The Morgan fingerprint density at radius 3 is 2.45 bits per heavy atom. The Morgan fingerprint density at radius 2 is 2.00 bits per heavy atom. The van der Waals surface area contributed by atoms with E-state index >= 15 is 0 Å². The van der Waals surface area contributed by atoms with E-state index in [1.807, 2.05) is 0 Å². The predicted molar refractivity (Wildman–Crippen MR) is 39.1 cm³/mol. The van der Waals surface area contributed by atoms with Crippen molar-refractivity contribution in [2.45, 2.75) is 6.42 Å². The van der Waals surface area contributed by atoms with Crippen molar-refractivity contribution in [3.63, 3.8) is 0 Å². The number of aromatic nitrogens is 2. The zero-order chi connectivity index (χ0) is 7.40. The average molecular weight is 161 g/mol. The van der Waals surface area contributed by atoms with Crippen LogP contribution < -0.4 is 0 Å². The van der Waals surface area contributed by atoms with E-state index in [9.17, 15) is 4.79 Å². The summed E-state index contributed by atoms with van der Waals surface area (Å²) in [7, 11) is 0. The zero-order valence-electron chi connectivity index (χ0n) is 6.19. The van der Waals surface area contributed by atoms with Gasteiger partial charge in [0, 0.05) is 42.0 Å². The van der Waals surface area contributed by atoms with E-state index in [-0.39, 0.29) is 36.0 Å². The van der Waals surface area contributed by atoms with Gasteiger partial charge < -0.3 is 5.11 Å². The van der Waals surface area contributed by atoms with Crippen molar-refractivity contribution in [1.82, 2.24) is 9.97 Å². The van der Waals surface area contributed by atoms with Crippen LogP contribution in [0.2, 0.25) is 0 Å². The molecule has 1 rings (SSSR count). The molecule has 0 aliphatic carbocycles. The van der Waals surface area contributed by atoms with Crippen LogP contribution in [0.3, 0.4) is 0 Å². The minimum Gasteiger partial charge on any atom is -0.481 e. The van der Waals surface area contributed by atoms with Crippen LogP contribution in [0.15, 0.2) is 18.5 Å². The third kappa shape index (κ3) is 4.08. The third-order valence-corrected chi connectivity index (χ3v) is 0.929. The second-order valence-electron chi connectivity index (χ2n) is 1.74. The van der Waals surface area contributed by atoms with Gasteiger partial charge in [-0.3, -0.25) is 4.79 Å². The van der Waals surface area contributed by atoms with E-state index in [4.69, 9.17) is 5.11 Å². The molecular weight excluding hydrogens is 155 g/mol. The summed E-state index contributed by atoms with van der Waals surface area (Å²) in [5.41, 5.74) is 0. The first-order valence-corrected chi connectivity index (χ1v) is 2.77. The number of nitrogens with zero attached hydrogens (tertiary/aromatic N) is 2. The van der Waals surface area contributed by atoms with Crippen molar-refractivity contribution in [3.05, 3.63) is 24.3 Å². The molecule has 0 spiro atoms. The van der Waals surface area contributed by atoms with Crippen molar-refractivity contribution in [1.29, 1.82) is 0 Å². The first-order chi connectivity index (χ1) is 4.79. The number of rotatable bonds is 2. The summed E-state index contributed by atoms with van der Waals surface area (Å²) in [5, 5.41) is 8.29. The molecule has 0 amide bonds. The molecule has 0 unspecified atom stereocenters. The minimum atomic E-state index is -0.911. The Hall–Kier alpha value is -0.450. The molecule has 0 saturated heterocycles. The van der Waals surface area contributed by atoms with Crippen molar-refractivity contribution >= 4 is 35.5 Å². The average Bonchev–Trinajstić information content (AvgIpc) is 1.88. The maximum absolute atomic E-state index is 10.1. The van der Waals surface area contributed by atoms with Crippen LogP contribution >= 0.6 is 0 Å². The molecule has 1 radical (unpaired) electrons. The summed E-state index contributed by atoms with van der Waals surface area (Å²) in [6, 6.07) is 1.64. The second-order valence-corrected chi connectivity index (χ2v) is 1.74. The van der Waals surface area contributed by atoms with Gasteiger partial charge in [-0.15, -0.1) is 0 Å². The maximum atomic E-state index is 10.1. The van der Waals surface area contributed by atoms with Gasteiger partial charge in [0.15, 0.2) is 0 Å². The molecule has 0 atom stereocenters. The normalized spacial score (nSPS) is 8.36. The molecule has 11 heavy (non-hydrogen) atoms. The predicted octanol–water partition coefficient (Wildman–Crippen LogP) is -0.277. The van der Waals surface area contributed by atoms with Gasteiger partial charge in [-0.1, -0.05) is 0 Å².